The summed E-state index contributed by atoms with van der Waals surface area (Å²) in [5, 5.41) is 6.48. The Bertz CT molecular complexity index is 315. The van der Waals surface area contributed by atoms with Crippen molar-refractivity contribution < 1.29 is 0 Å². The van der Waals surface area contributed by atoms with Gasteiger partial charge >= 0.3 is 0 Å². The number of rotatable bonds is 5. The molecule has 84 valence electrons. The predicted octanol–water partition coefficient (Wildman–Crippen LogP) is 2.42. The zero-order chi connectivity index (χ0) is 11.3. The molecule has 0 fully saturated rings. The van der Waals surface area contributed by atoms with Crippen molar-refractivity contribution >= 4 is 21.7 Å². The molecule has 0 aliphatic carbocycles. The molecule has 0 saturated heterocycles. The molecule has 1 aromatic rings. The molecule has 0 aliphatic rings. The van der Waals surface area contributed by atoms with Crippen molar-refractivity contribution in [1.29, 1.82) is 0 Å². The summed E-state index contributed by atoms with van der Waals surface area (Å²) in [6, 6.07) is 2.07. The molecule has 4 heteroatoms. The standard InChI is InChI=1S/C11H18BrN3/c1-8-4-10(12)11(14-6-8)15-7-9(2)5-13-3/h4,6,9,13H,5,7H2,1-3H3,(H,14,15). The van der Waals surface area contributed by atoms with Crippen LogP contribution in [0.5, 0.6) is 0 Å². The third kappa shape index (κ3) is 4.18. The zero-order valence-corrected chi connectivity index (χ0v) is 11.1. The van der Waals surface area contributed by atoms with Crippen LogP contribution in [0.4, 0.5) is 5.82 Å². The van der Waals surface area contributed by atoms with Gasteiger partial charge in [-0.15, -0.1) is 0 Å². The minimum Gasteiger partial charge on any atom is -0.369 e. The second kappa shape index (κ2) is 6.08. The summed E-state index contributed by atoms with van der Waals surface area (Å²) in [4.78, 5) is 4.33. The van der Waals surface area contributed by atoms with Crippen LogP contribution in [-0.2, 0) is 0 Å². The number of nitrogens with zero attached hydrogens (tertiary/aromatic N) is 1. The van der Waals surface area contributed by atoms with Crippen LogP contribution in [0.1, 0.15) is 12.5 Å². The molecule has 1 rings (SSSR count). The molecule has 0 bridgehead atoms. The van der Waals surface area contributed by atoms with Crippen LogP contribution in [0.25, 0.3) is 0 Å². The molecule has 0 spiro atoms. The lowest BCUT2D eigenvalue weighted by Gasteiger charge is -2.13. The Balaban J connectivity index is 2.50. The fraction of sp³-hybridized carbons (Fsp3) is 0.545. The monoisotopic (exact) mass is 271 g/mol. The molecular weight excluding hydrogens is 254 g/mol. The summed E-state index contributed by atoms with van der Waals surface area (Å²) in [6.45, 7) is 6.17. The lowest BCUT2D eigenvalue weighted by molar-refractivity contribution is 0.568. The molecule has 3 nitrogen and oxygen atoms in total. The third-order valence-electron chi connectivity index (χ3n) is 2.15. The van der Waals surface area contributed by atoms with Gasteiger partial charge < -0.3 is 10.6 Å². The van der Waals surface area contributed by atoms with Gasteiger partial charge in [-0.05, 0) is 54.0 Å². The molecule has 1 aromatic heterocycles. The van der Waals surface area contributed by atoms with Gasteiger partial charge in [0.2, 0.25) is 0 Å². The molecule has 15 heavy (non-hydrogen) atoms. The van der Waals surface area contributed by atoms with E-state index in [0.717, 1.165) is 28.9 Å². The number of aromatic nitrogens is 1. The number of halogens is 1. The van der Waals surface area contributed by atoms with Crippen LogP contribution < -0.4 is 10.6 Å². The molecular formula is C11H18BrN3. The maximum atomic E-state index is 4.33. The van der Waals surface area contributed by atoms with Gasteiger partial charge in [-0.2, -0.15) is 0 Å². The van der Waals surface area contributed by atoms with Crippen LogP contribution in [0.3, 0.4) is 0 Å². The quantitative estimate of drug-likeness (QED) is 0.864. The van der Waals surface area contributed by atoms with Crippen LogP contribution in [0.15, 0.2) is 16.7 Å². The number of hydrogen-bond donors (Lipinski definition) is 2. The van der Waals surface area contributed by atoms with E-state index >= 15 is 0 Å². The van der Waals surface area contributed by atoms with Gasteiger partial charge in [-0.25, -0.2) is 4.98 Å². The van der Waals surface area contributed by atoms with Gasteiger partial charge in [0.25, 0.3) is 0 Å². The summed E-state index contributed by atoms with van der Waals surface area (Å²) < 4.78 is 1.03. The van der Waals surface area contributed by atoms with E-state index in [1.54, 1.807) is 0 Å². The number of anilines is 1. The summed E-state index contributed by atoms with van der Waals surface area (Å²) >= 11 is 3.50. The molecule has 0 amide bonds. The minimum atomic E-state index is 0.588. The predicted molar refractivity (Wildman–Crippen MR) is 68.3 cm³/mol. The van der Waals surface area contributed by atoms with Crippen molar-refractivity contribution in [2.24, 2.45) is 5.92 Å². The van der Waals surface area contributed by atoms with E-state index in [-0.39, 0.29) is 0 Å². The number of hydrogen-bond acceptors (Lipinski definition) is 3. The van der Waals surface area contributed by atoms with E-state index in [0.29, 0.717) is 5.92 Å². The average Bonchev–Trinajstić information content (AvgIpc) is 2.17. The van der Waals surface area contributed by atoms with Gasteiger partial charge in [0.05, 0.1) is 4.47 Å². The normalized spacial score (nSPS) is 12.5. The lowest BCUT2D eigenvalue weighted by atomic mass is 10.2. The van der Waals surface area contributed by atoms with Gasteiger partial charge in [-0.1, -0.05) is 6.92 Å². The first-order valence-electron chi connectivity index (χ1n) is 5.14. The minimum absolute atomic E-state index is 0.588. The smallest absolute Gasteiger partial charge is 0.140 e. The highest BCUT2D eigenvalue weighted by molar-refractivity contribution is 9.10. The molecule has 0 saturated carbocycles. The highest BCUT2D eigenvalue weighted by atomic mass is 79.9. The Kier molecular flexibility index (Phi) is 5.05. The number of nitrogens with one attached hydrogen (secondary N) is 2. The highest BCUT2D eigenvalue weighted by Gasteiger charge is 2.04. The molecule has 0 aromatic carbocycles. The van der Waals surface area contributed by atoms with Crippen LogP contribution >= 0.6 is 15.9 Å². The molecule has 0 radical (unpaired) electrons. The number of pyridine rings is 1. The van der Waals surface area contributed by atoms with Crippen molar-refractivity contribution in [1.82, 2.24) is 10.3 Å². The van der Waals surface area contributed by atoms with Gasteiger partial charge in [-0.3, -0.25) is 0 Å². The van der Waals surface area contributed by atoms with E-state index in [1.165, 1.54) is 0 Å². The SMILES string of the molecule is CNCC(C)CNc1ncc(C)cc1Br. The average molecular weight is 272 g/mol. The Morgan fingerprint density at radius 2 is 2.20 bits per heavy atom. The van der Waals surface area contributed by atoms with E-state index < -0.39 is 0 Å². The van der Waals surface area contributed by atoms with E-state index in [9.17, 15) is 0 Å². The second-order valence-corrected chi connectivity index (χ2v) is 4.74. The second-order valence-electron chi connectivity index (χ2n) is 3.89. The summed E-state index contributed by atoms with van der Waals surface area (Å²) in [6.07, 6.45) is 1.87. The number of aryl methyl sites for hydroxylation is 1. The summed E-state index contributed by atoms with van der Waals surface area (Å²) in [7, 11) is 1.97. The van der Waals surface area contributed by atoms with E-state index in [4.69, 9.17) is 0 Å². The van der Waals surface area contributed by atoms with Crippen molar-refractivity contribution in [2.75, 3.05) is 25.5 Å². The molecule has 1 atom stereocenters. The molecule has 1 heterocycles. The van der Waals surface area contributed by atoms with Crippen molar-refractivity contribution in [2.45, 2.75) is 13.8 Å². The maximum Gasteiger partial charge on any atom is 0.140 e. The van der Waals surface area contributed by atoms with Crippen LogP contribution in [0, 0.1) is 12.8 Å². The van der Waals surface area contributed by atoms with E-state index in [2.05, 4.69) is 44.5 Å². The first-order valence-corrected chi connectivity index (χ1v) is 5.93. The van der Waals surface area contributed by atoms with Gasteiger partial charge in [0.15, 0.2) is 0 Å². The Morgan fingerprint density at radius 1 is 1.47 bits per heavy atom. The van der Waals surface area contributed by atoms with Crippen molar-refractivity contribution in [3.05, 3.63) is 22.3 Å². The van der Waals surface area contributed by atoms with Crippen LogP contribution in [-0.4, -0.2) is 25.1 Å². The Hall–Kier alpha value is -0.610. The summed E-state index contributed by atoms with van der Waals surface area (Å²) in [5.41, 5.74) is 1.16. The lowest BCUT2D eigenvalue weighted by Crippen LogP contribution is -2.23. The third-order valence-corrected chi connectivity index (χ3v) is 2.75. The van der Waals surface area contributed by atoms with Crippen molar-refractivity contribution in [3.63, 3.8) is 0 Å². The maximum absolute atomic E-state index is 4.33. The largest absolute Gasteiger partial charge is 0.369 e. The molecule has 2 N–H and O–H groups in total. The van der Waals surface area contributed by atoms with Gasteiger partial charge in [0.1, 0.15) is 5.82 Å². The summed E-state index contributed by atoms with van der Waals surface area (Å²) in [5.74, 6) is 1.51. The van der Waals surface area contributed by atoms with Crippen molar-refractivity contribution in [3.8, 4) is 0 Å². The zero-order valence-electron chi connectivity index (χ0n) is 9.47. The first-order chi connectivity index (χ1) is 7.13. The van der Waals surface area contributed by atoms with Gasteiger partial charge in [0, 0.05) is 12.7 Å². The molecule has 0 aliphatic heterocycles. The fourth-order valence-electron chi connectivity index (χ4n) is 1.36. The first kappa shape index (κ1) is 12.5. The van der Waals surface area contributed by atoms with E-state index in [1.807, 2.05) is 20.2 Å². The highest BCUT2D eigenvalue weighted by Crippen LogP contribution is 2.20. The topological polar surface area (TPSA) is 37.0 Å². The Labute approximate surface area is 99.8 Å². The fourth-order valence-corrected chi connectivity index (χ4v) is 1.96. The molecule has 1 unspecified atom stereocenters. The van der Waals surface area contributed by atoms with Crippen LogP contribution in [0.2, 0.25) is 0 Å². The Morgan fingerprint density at radius 3 is 2.80 bits per heavy atom.